The van der Waals surface area contributed by atoms with E-state index in [1.807, 2.05) is 0 Å². The van der Waals surface area contributed by atoms with Crippen LogP contribution >= 0.6 is 0 Å². The van der Waals surface area contributed by atoms with Gasteiger partial charge in [-0.2, -0.15) is 8.78 Å². The van der Waals surface area contributed by atoms with E-state index in [1.54, 1.807) is 6.92 Å². The second kappa shape index (κ2) is 5.62. The third kappa shape index (κ3) is 3.04. The van der Waals surface area contributed by atoms with Crippen molar-refractivity contribution in [2.45, 2.75) is 13.3 Å². The minimum Gasteiger partial charge on any atom is -0.450 e. The van der Waals surface area contributed by atoms with Gasteiger partial charge in [0.25, 0.3) is 5.91 Å². The van der Waals surface area contributed by atoms with Crippen molar-refractivity contribution in [2.75, 3.05) is 32.8 Å². The van der Waals surface area contributed by atoms with Crippen molar-refractivity contribution in [1.82, 2.24) is 9.80 Å². The Morgan fingerprint density at radius 1 is 1.19 bits per heavy atom. The van der Waals surface area contributed by atoms with Gasteiger partial charge in [0, 0.05) is 26.2 Å². The zero-order valence-electron chi connectivity index (χ0n) is 8.99. The fourth-order valence-corrected chi connectivity index (χ4v) is 1.46. The van der Waals surface area contributed by atoms with Crippen LogP contribution in [0.25, 0.3) is 0 Å². The normalized spacial score (nSPS) is 16.5. The number of alkyl halides is 2. The van der Waals surface area contributed by atoms with Crippen LogP contribution in [-0.4, -0.2) is 61.0 Å². The molecule has 7 heteroatoms. The van der Waals surface area contributed by atoms with Crippen molar-refractivity contribution in [2.24, 2.45) is 0 Å². The second-order valence-electron chi connectivity index (χ2n) is 3.31. The molecule has 1 aliphatic rings. The first-order valence-corrected chi connectivity index (χ1v) is 5.05. The highest BCUT2D eigenvalue weighted by atomic mass is 19.3. The van der Waals surface area contributed by atoms with Gasteiger partial charge in [-0.1, -0.05) is 0 Å². The lowest BCUT2D eigenvalue weighted by Gasteiger charge is -2.33. The summed E-state index contributed by atoms with van der Waals surface area (Å²) in [6.45, 7) is 2.68. The van der Waals surface area contributed by atoms with Gasteiger partial charge in [0.05, 0.1) is 6.61 Å². The average molecular weight is 236 g/mol. The lowest BCUT2D eigenvalue weighted by molar-refractivity contribution is -0.144. The SMILES string of the molecule is CCOC(=O)N1CCN(C(=O)C(F)F)CC1. The molecule has 1 fully saturated rings. The van der Waals surface area contributed by atoms with Gasteiger partial charge in [-0.25, -0.2) is 4.79 Å². The molecule has 0 radical (unpaired) electrons. The van der Waals surface area contributed by atoms with Gasteiger partial charge < -0.3 is 14.5 Å². The number of piperazine rings is 1. The summed E-state index contributed by atoms with van der Waals surface area (Å²) in [5.41, 5.74) is 0. The summed E-state index contributed by atoms with van der Waals surface area (Å²) in [5.74, 6) is -1.18. The molecule has 0 N–H and O–H groups in total. The molecule has 1 aliphatic heterocycles. The van der Waals surface area contributed by atoms with Crippen molar-refractivity contribution in [3.8, 4) is 0 Å². The molecule has 5 nitrogen and oxygen atoms in total. The van der Waals surface area contributed by atoms with Gasteiger partial charge in [-0.3, -0.25) is 4.79 Å². The van der Waals surface area contributed by atoms with Gasteiger partial charge in [-0.15, -0.1) is 0 Å². The first-order chi connectivity index (χ1) is 7.56. The summed E-state index contributed by atoms with van der Waals surface area (Å²) in [4.78, 5) is 24.7. The van der Waals surface area contributed by atoms with Crippen LogP contribution in [0, 0.1) is 0 Å². The third-order valence-electron chi connectivity index (χ3n) is 2.30. The monoisotopic (exact) mass is 236 g/mol. The fraction of sp³-hybridized carbons (Fsp3) is 0.778. The van der Waals surface area contributed by atoms with Crippen molar-refractivity contribution >= 4 is 12.0 Å². The quantitative estimate of drug-likeness (QED) is 0.703. The molecule has 1 rings (SSSR count). The van der Waals surface area contributed by atoms with Crippen LogP contribution in [0.4, 0.5) is 13.6 Å². The molecule has 16 heavy (non-hydrogen) atoms. The van der Waals surface area contributed by atoms with E-state index in [0.717, 1.165) is 4.90 Å². The molecule has 0 unspecified atom stereocenters. The van der Waals surface area contributed by atoms with Crippen molar-refractivity contribution in [3.63, 3.8) is 0 Å². The predicted molar refractivity (Wildman–Crippen MR) is 51.2 cm³/mol. The van der Waals surface area contributed by atoms with Crippen LogP contribution in [0.3, 0.4) is 0 Å². The van der Waals surface area contributed by atoms with E-state index >= 15 is 0 Å². The molecule has 0 bridgehead atoms. The highest BCUT2D eigenvalue weighted by molar-refractivity contribution is 5.79. The lowest BCUT2D eigenvalue weighted by atomic mass is 10.3. The average Bonchev–Trinajstić information content (AvgIpc) is 2.28. The minimum absolute atomic E-state index is 0.127. The van der Waals surface area contributed by atoms with Gasteiger partial charge >= 0.3 is 12.5 Å². The van der Waals surface area contributed by atoms with E-state index in [0.29, 0.717) is 0 Å². The maximum atomic E-state index is 12.1. The molecule has 0 saturated carbocycles. The molecule has 0 aromatic carbocycles. The van der Waals surface area contributed by atoms with E-state index in [2.05, 4.69) is 0 Å². The summed E-state index contributed by atoms with van der Waals surface area (Å²) < 4.78 is 28.9. The van der Waals surface area contributed by atoms with Crippen LogP contribution in [-0.2, 0) is 9.53 Å². The van der Waals surface area contributed by atoms with E-state index in [-0.39, 0.29) is 32.8 Å². The largest absolute Gasteiger partial charge is 0.450 e. The van der Waals surface area contributed by atoms with Gasteiger partial charge in [-0.05, 0) is 6.92 Å². The molecule has 0 aromatic heterocycles. The summed E-state index contributed by atoms with van der Waals surface area (Å²) in [6, 6.07) is 0. The smallest absolute Gasteiger partial charge is 0.409 e. The summed E-state index contributed by atoms with van der Waals surface area (Å²) in [7, 11) is 0. The highest BCUT2D eigenvalue weighted by Gasteiger charge is 2.28. The Morgan fingerprint density at radius 2 is 1.69 bits per heavy atom. The van der Waals surface area contributed by atoms with E-state index in [9.17, 15) is 18.4 Å². The molecule has 0 aromatic rings. The number of hydrogen-bond donors (Lipinski definition) is 0. The Morgan fingerprint density at radius 3 is 2.12 bits per heavy atom. The van der Waals surface area contributed by atoms with Crippen molar-refractivity contribution in [1.29, 1.82) is 0 Å². The zero-order chi connectivity index (χ0) is 12.1. The highest BCUT2D eigenvalue weighted by Crippen LogP contribution is 2.07. The topological polar surface area (TPSA) is 49.9 Å². The van der Waals surface area contributed by atoms with E-state index in [4.69, 9.17) is 4.74 Å². The molecule has 1 heterocycles. The number of carbonyl (C=O) groups is 2. The van der Waals surface area contributed by atoms with Crippen LogP contribution in [0.1, 0.15) is 6.92 Å². The molecule has 2 amide bonds. The number of carbonyl (C=O) groups excluding carboxylic acids is 2. The predicted octanol–water partition coefficient (Wildman–Crippen LogP) is 0.552. The summed E-state index contributed by atoms with van der Waals surface area (Å²) in [5, 5.41) is 0. The van der Waals surface area contributed by atoms with Gasteiger partial charge in [0.15, 0.2) is 0 Å². The van der Waals surface area contributed by atoms with Crippen molar-refractivity contribution < 1.29 is 23.1 Å². The zero-order valence-corrected chi connectivity index (χ0v) is 8.99. The number of rotatable bonds is 2. The second-order valence-corrected chi connectivity index (χ2v) is 3.31. The third-order valence-corrected chi connectivity index (χ3v) is 2.30. The van der Waals surface area contributed by atoms with E-state index < -0.39 is 18.4 Å². The standard InChI is InChI=1S/C9H14F2N2O3/c1-2-16-9(15)13-5-3-12(4-6-13)8(14)7(10)11/h7H,2-6H2,1H3. The summed E-state index contributed by atoms with van der Waals surface area (Å²) >= 11 is 0. The Balaban J connectivity index is 2.39. The molecular weight excluding hydrogens is 222 g/mol. The molecule has 1 saturated heterocycles. The first-order valence-electron chi connectivity index (χ1n) is 5.05. The fourth-order valence-electron chi connectivity index (χ4n) is 1.46. The number of amides is 2. The molecule has 92 valence electrons. The number of hydrogen-bond acceptors (Lipinski definition) is 3. The van der Waals surface area contributed by atoms with Crippen LogP contribution in [0.2, 0.25) is 0 Å². The maximum absolute atomic E-state index is 12.1. The maximum Gasteiger partial charge on any atom is 0.409 e. The van der Waals surface area contributed by atoms with E-state index in [1.165, 1.54) is 4.90 Å². The Kier molecular flexibility index (Phi) is 4.45. The molecule has 0 atom stereocenters. The van der Waals surface area contributed by atoms with Crippen LogP contribution in [0.5, 0.6) is 0 Å². The molecule has 0 spiro atoms. The molecular formula is C9H14F2N2O3. The number of nitrogens with zero attached hydrogens (tertiary/aromatic N) is 2. The van der Waals surface area contributed by atoms with Gasteiger partial charge in [0.1, 0.15) is 0 Å². The minimum atomic E-state index is -2.98. The van der Waals surface area contributed by atoms with Crippen LogP contribution in [0.15, 0.2) is 0 Å². The lowest BCUT2D eigenvalue weighted by Crippen LogP contribution is -2.52. The Labute approximate surface area is 91.9 Å². The number of ether oxygens (including phenoxy) is 1. The van der Waals surface area contributed by atoms with Gasteiger partial charge in [0.2, 0.25) is 0 Å². The first kappa shape index (κ1) is 12.7. The Hall–Kier alpha value is -1.40. The summed E-state index contributed by atoms with van der Waals surface area (Å²) in [6.07, 6.45) is -3.44. The Bertz CT molecular complexity index is 265. The molecule has 0 aliphatic carbocycles. The number of halogens is 2. The van der Waals surface area contributed by atoms with Crippen molar-refractivity contribution in [3.05, 3.63) is 0 Å². The van der Waals surface area contributed by atoms with Crippen LogP contribution < -0.4 is 0 Å².